The molecule has 1 saturated carbocycles. The maximum absolute atomic E-state index is 6.56. The van der Waals surface area contributed by atoms with E-state index in [1.54, 1.807) is 0 Å². The van der Waals surface area contributed by atoms with Gasteiger partial charge in [0.2, 0.25) is 0 Å². The van der Waals surface area contributed by atoms with Crippen LogP contribution >= 0.6 is 0 Å². The molecule has 0 amide bonds. The molecule has 1 aromatic rings. The molecule has 2 N–H and O–H groups in total. The molecule has 1 aliphatic carbocycles. The predicted octanol–water partition coefficient (Wildman–Crippen LogP) is 2.87. The summed E-state index contributed by atoms with van der Waals surface area (Å²) in [6, 6.07) is 6.25. The number of hydrogen-bond acceptors (Lipinski definition) is 3. The second-order valence-electron chi connectivity index (χ2n) is 6.00. The van der Waals surface area contributed by atoms with Gasteiger partial charge in [0, 0.05) is 24.3 Å². The van der Waals surface area contributed by atoms with Gasteiger partial charge in [-0.05, 0) is 38.4 Å². The highest BCUT2D eigenvalue weighted by Crippen LogP contribution is 2.27. The van der Waals surface area contributed by atoms with Crippen LogP contribution in [0.15, 0.2) is 18.2 Å². The molecule has 2 rings (SSSR count). The molecular formula is C16H27N3. The van der Waals surface area contributed by atoms with Crippen LogP contribution in [0.4, 0.5) is 0 Å². The molecule has 0 atom stereocenters. The van der Waals surface area contributed by atoms with Gasteiger partial charge in [-0.1, -0.05) is 32.3 Å². The van der Waals surface area contributed by atoms with Crippen molar-refractivity contribution in [3.05, 3.63) is 29.6 Å². The van der Waals surface area contributed by atoms with Gasteiger partial charge in [-0.25, -0.2) is 0 Å². The first kappa shape index (κ1) is 14.5. The van der Waals surface area contributed by atoms with E-state index in [9.17, 15) is 0 Å². The first-order valence-corrected chi connectivity index (χ1v) is 7.55. The van der Waals surface area contributed by atoms with Gasteiger partial charge < -0.3 is 5.73 Å². The minimum Gasteiger partial charge on any atom is -0.324 e. The first-order valence-electron chi connectivity index (χ1n) is 7.55. The third kappa shape index (κ3) is 4.29. The van der Waals surface area contributed by atoms with Gasteiger partial charge in [0.15, 0.2) is 0 Å². The fourth-order valence-corrected chi connectivity index (χ4v) is 3.06. The number of nitrogens with zero attached hydrogens (tertiary/aromatic N) is 2. The Labute approximate surface area is 117 Å². The van der Waals surface area contributed by atoms with Gasteiger partial charge in [-0.15, -0.1) is 0 Å². The molecule has 0 saturated heterocycles. The van der Waals surface area contributed by atoms with E-state index in [1.807, 2.05) is 13.0 Å². The van der Waals surface area contributed by atoms with Crippen molar-refractivity contribution >= 4 is 0 Å². The van der Waals surface area contributed by atoms with Crippen LogP contribution in [0.25, 0.3) is 0 Å². The van der Waals surface area contributed by atoms with Crippen molar-refractivity contribution < 1.29 is 0 Å². The highest BCUT2D eigenvalue weighted by Gasteiger charge is 2.29. The minimum absolute atomic E-state index is 0.0259. The van der Waals surface area contributed by atoms with Crippen molar-refractivity contribution in [2.45, 2.75) is 58.0 Å². The highest BCUT2D eigenvalue weighted by molar-refractivity contribution is 5.10. The summed E-state index contributed by atoms with van der Waals surface area (Å²) in [4.78, 5) is 7.03. The topological polar surface area (TPSA) is 42.2 Å². The smallest absolute Gasteiger partial charge is 0.0547 e. The van der Waals surface area contributed by atoms with Gasteiger partial charge in [0.1, 0.15) is 0 Å². The molecule has 0 radical (unpaired) electrons. The standard InChI is InChI=1S/C16H27N3/c1-3-19(12-15-9-7-8-14(2)18-15)13-16(17)10-5-4-6-11-16/h7-9H,3-6,10-13,17H2,1-2H3. The lowest BCUT2D eigenvalue weighted by atomic mass is 9.82. The Bertz CT molecular complexity index is 397. The monoisotopic (exact) mass is 261 g/mol. The third-order valence-electron chi connectivity index (χ3n) is 4.17. The zero-order valence-electron chi connectivity index (χ0n) is 12.4. The Morgan fingerprint density at radius 1 is 1.26 bits per heavy atom. The summed E-state index contributed by atoms with van der Waals surface area (Å²) < 4.78 is 0. The van der Waals surface area contributed by atoms with Crippen LogP contribution in [0, 0.1) is 6.92 Å². The molecule has 1 aliphatic rings. The van der Waals surface area contributed by atoms with Crippen LogP contribution in [0.2, 0.25) is 0 Å². The summed E-state index contributed by atoms with van der Waals surface area (Å²) in [5, 5.41) is 0. The molecule has 1 fully saturated rings. The second-order valence-corrected chi connectivity index (χ2v) is 6.00. The Balaban J connectivity index is 1.96. The van der Waals surface area contributed by atoms with E-state index < -0.39 is 0 Å². The molecule has 3 heteroatoms. The Morgan fingerprint density at radius 2 is 2.00 bits per heavy atom. The van der Waals surface area contributed by atoms with Crippen LogP contribution in [0.5, 0.6) is 0 Å². The second kappa shape index (κ2) is 6.49. The summed E-state index contributed by atoms with van der Waals surface area (Å²) in [5.41, 5.74) is 8.83. The van der Waals surface area contributed by atoms with Gasteiger partial charge in [0.05, 0.1) is 5.69 Å². The van der Waals surface area contributed by atoms with Crippen molar-refractivity contribution in [2.75, 3.05) is 13.1 Å². The fourth-order valence-electron chi connectivity index (χ4n) is 3.06. The van der Waals surface area contributed by atoms with Gasteiger partial charge in [0.25, 0.3) is 0 Å². The SMILES string of the molecule is CCN(Cc1cccc(C)n1)CC1(N)CCCCC1. The molecule has 1 aromatic heterocycles. The largest absolute Gasteiger partial charge is 0.324 e. The molecule has 0 aliphatic heterocycles. The lowest BCUT2D eigenvalue weighted by molar-refractivity contribution is 0.171. The summed E-state index contributed by atoms with van der Waals surface area (Å²) in [6.07, 6.45) is 6.27. The zero-order valence-corrected chi connectivity index (χ0v) is 12.4. The molecule has 3 nitrogen and oxygen atoms in total. The van der Waals surface area contributed by atoms with Crippen LogP contribution in [0.3, 0.4) is 0 Å². The maximum atomic E-state index is 6.56. The van der Waals surface area contributed by atoms with Crippen LogP contribution in [-0.4, -0.2) is 28.5 Å². The first-order chi connectivity index (χ1) is 9.11. The molecule has 0 unspecified atom stereocenters. The van der Waals surface area contributed by atoms with Crippen molar-refractivity contribution in [1.29, 1.82) is 0 Å². The summed E-state index contributed by atoms with van der Waals surface area (Å²) in [5.74, 6) is 0. The van der Waals surface area contributed by atoms with Gasteiger partial charge >= 0.3 is 0 Å². The molecule has 0 bridgehead atoms. The highest BCUT2D eigenvalue weighted by atomic mass is 15.1. The molecule has 0 spiro atoms. The number of aryl methyl sites for hydroxylation is 1. The number of nitrogens with two attached hydrogens (primary N) is 1. The number of pyridine rings is 1. The quantitative estimate of drug-likeness (QED) is 0.886. The van der Waals surface area contributed by atoms with Crippen molar-refractivity contribution in [1.82, 2.24) is 9.88 Å². The van der Waals surface area contributed by atoms with Gasteiger partial charge in [-0.3, -0.25) is 9.88 Å². The minimum atomic E-state index is 0.0259. The van der Waals surface area contributed by atoms with E-state index in [0.717, 1.165) is 31.0 Å². The Morgan fingerprint density at radius 3 is 2.63 bits per heavy atom. The number of likely N-dealkylation sites (N-methyl/N-ethyl adjacent to an activating group) is 1. The van der Waals surface area contributed by atoms with E-state index >= 15 is 0 Å². The molecule has 106 valence electrons. The molecular weight excluding hydrogens is 234 g/mol. The van der Waals surface area contributed by atoms with E-state index in [1.165, 1.54) is 32.1 Å². The van der Waals surface area contributed by atoms with E-state index in [-0.39, 0.29) is 5.54 Å². The Kier molecular flexibility index (Phi) is 4.94. The van der Waals surface area contributed by atoms with E-state index in [4.69, 9.17) is 5.73 Å². The number of hydrogen-bond donors (Lipinski definition) is 1. The maximum Gasteiger partial charge on any atom is 0.0547 e. The van der Waals surface area contributed by atoms with E-state index in [2.05, 4.69) is 28.9 Å². The van der Waals surface area contributed by atoms with Crippen molar-refractivity contribution in [2.24, 2.45) is 5.73 Å². The molecule has 0 aromatic carbocycles. The lowest BCUT2D eigenvalue weighted by Crippen LogP contribution is -2.51. The summed E-state index contributed by atoms with van der Waals surface area (Å²) in [6.45, 7) is 7.21. The number of aromatic nitrogens is 1. The summed E-state index contributed by atoms with van der Waals surface area (Å²) in [7, 11) is 0. The van der Waals surface area contributed by atoms with Crippen LogP contribution < -0.4 is 5.73 Å². The molecule has 1 heterocycles. The third-order valence-corrected chi connectivity index (χ3v) is 4.17. The predicted molar refractivity (Wildman–Crippen MR) is 79.9 cm³/mol. The normalized spacial score (nSPS) is 18.7. The summed E-state index contributed by atoms with van der Waals surface area (Å²) >= 11 is 0. The van der Waals surface area contributed by atoms with Crippen molar-refractivity contribution in [3.8, 4) is 0 Å². The number of rotatable bonds is 5. The fraction of sp³-hybridized carbons (Fsp3) is 0.688. The van der Waals surface area contributed by atoms with Crippen LogP contribution in [-0.2, 0) is 6.54 Å². The lowest BCUT2D eigenvalue weighted by Gasteiger charge is -2.37. The van der Waals surface area contributed by atoms with Crippen LogP contribution in [0.1, 0.15) is 50.4 Å². The van der Waals surface area contributed by atoms with E-state index in [0.29, 0.717) is 0 Å². The van der Waals surface area contributed by atoms with Gasteiger partial charge in [-0.2, -0.15) is 0 Å². The average molecular weight is 261 g/mol. The van der Waals surface area contributed by atoms with Crippen molar-refractivity contribution in [3.63, 3.8) is 0 Å². The zero-order chi connectivity index (χ0) is 13.7. The average Bonchev–Trinajstić information content (AvgIpc) is 2.38. The Hall–Kier alpha value is -0.930. The molecule has 19 heavy (non-hydrogen) atoms.